The van der Waals surface area contributed by atoms with Gasteiger partial charge in [-0.3, -0.25) is 19.4 Å². The van der Waals surface area contributed by atoms with Crippen LogP contribution in [0.15, 0.2) is 57.8 Å². The number of carbonyl (C=O) groups excluding carboxylic acids is 3. The molecule has 1 spiro atoms. The number of H-pyrrole nitrogens is 1. The number of likely N-dealkylation sites (tertiary alicyclic amines) is 1. The smallest absolute Gasteiger partial charge is 0.344 e. The molecule has 12 atom stereocenters. The van der Waals surface area contributed by atoms with Crippen LogP contribution in [-0.4, -0.2) is 132 Å². The van der Waals surface area contributed by atoms with Crippen molar-refractivity contribution >= 4 is 28.8 Å². The van der Waals surface area contributed by atoms with Gasteiger partial charge in [0.2, 0.25) is 5.60 Å². The number of aryl methyl sites for hydroxylation is 2. The van der Waals surface area contributed by atoms with Gasteiger partial charge in [-0.05, 0) is 99.4 Å². The summed E-state index contributed by atoms with van der Waals surface area (Å²) in [4.78, 5) is 53.9. The molecule has 0 amide bonds. The minimum atomic E-state index is -2.22. The number of esters is 3. The van der Waals surface area contributed by atoms with Gasteiger partial charge >= 0.3 is 17.9 Å². The van der Waals surface area contributed by atoms with Crippen molar-refractivity contribution in [1.29, 1.82) is 0 Å². The maximum absolute atomic E-state index is 15.5. The molecule has 10 rings (SSSR count). The lowest BCUT2D eigenvalue weighted by atomic mass is 9.50. The predicted octanol–water partition coefficient (Wildman–Crippen LogP) is 5.75. The van der Waals surface area contributed by atoms with E-state index in [9.17, 15) is 14.7 Å². The Morgan fingerprint density at radius 1 is 1.03 bits per heavy atom. The lowest BCUT2D eigenvalue weighted by molar-refractivity contribution is -0.238. The van der Waals surface area contributed by atoms with Crippen molar-refractivity contribution in [3.05, 3.63) is 76.0 Å². The van der Waals surface area contributed by atoms with Gasteiger partial charge in [0.1, 0.15) is 17.3 Å². The number of aliphatic hydroxyl groups is 1. The highest BCUT2D eigenvalue weighted by molar-refractivity contribution is 5.94. The zero-order valence-electron chi connectivity index (χ0n) is 38.7. The summed E-state index contributed by atoms with van der Waals surface area (Å²) in [5.41, 5.74) is 4.38. The van der Waals surface area contributed by atoms with E-state index in [0.29, 0.717) is 19.4 Å². The fourth-order valence-corrected chi connectivity index (χ4v) is 14.6. The molecule has 2 aromatic heterocycles. The number of hydrogen-bond donors (Lipinski definition) is 2. The molecule has 5 aliphatic heterocycles. The minimum Gasteiger partial charge on any atom is -0.468 e. The highest BCUT2D eigenvalue weighted by atomic mass is 16.6. The number of hydrogen-bond acceptors (Lipinski definition) is 13. The van der Waals surface area contributed by atoms with Gasteiger partial charge in [-0.2, -0.15) is 0 Å². The van der Waals surface area contributed by atoms with Gasteiger partial charge in [-0.25, -0.2) is 4.79 Å². The number of methoxy groups -OCH3 is 3. The quantitative estimate of drug-likeness (QED) is 0.160. The van der Waals surface area contributed by atoms with Gasteiger partial charge in [-0.1, -0.05) is 49.2 Å². The van der Waals surface area contributed by atoms with Crippen LogP contribution in [0.5, 0.6) is 0 Å². The van der Waals surface area contributed by atoms with Gasteiger partial charge in [0, 0.05) is 91.9 Å². The van der Waals surface area contributed by atoms with Gasteiger partial charge in [-0.15, -0.1) is 0 Å². The SMILES string of the molecule is CCC1=C[C@H]2CN(C1)Cc1c([nH]c3ccc(-c4c(C)noc4C)cc13)[C@@](C(=O)OC)(C1C=C3C(=CC1OC)N(C)[C@H]1[C@@](O)(C(=O)OC)[C@H](OC(C)=O)C4[C@@H](CC)CCN5CC[C@]31[C@H]45)C2. The van der Waals surface area contributed by atoms with Gasteiger partial charge in [0.15, 0.2) is 0 Å². The van der Waals surface area contributed by atoms with Crippen molar-refractivity contribution in [2.45, 2.75) is 109 Å². The van der Waals surface area contributed by atoms with E-state index in [1.165, 1.54) is 26.7 Å². The maximum Gasteiger partial charge on any atom is 0.344 e. The molecule has 342 valence electrons. The summed E-state index contributed by atoms with van der Waals surface area (Å²) >= 11 is 0. The van der Waals surface area contributed by atoms with E-state index in [1.807, 2.05) is 25.8 Å². The lowest BCUT2D eigenvalue weighted by Gasteiger charge is -2.61. The second-order valence-corrected chi connectivity index (χ2v) is 19.7. The average Bonchev–Trinajstić information content (AvgIpc) is 4.02. The number of ether oxygens (including phenoxy) is 4. The molecule has 0 radical (unpaired) electrons. The van der Waals surface area contributed by atoms with E-state index in [-0.39, 0.29) is 29.8 Å². The average molecular weight is 878 g/mol. The van der Waals surface area contributed by atoms with E-state index in [1.54, 1.807) is 7.11 Å². The van der Waals surface area contributed by atoms with Crippen molar-refractivity contribution in [2.24, 2.45) is 29.1 Å². The standard InChI is InChI=1S/C50H63N5O9/c1-10-29-18-30-22-49(46(57)61-8,42-34(25-54(23-29)24-30)33-19-32(12-13-37(33)51-42)40-26(3)52-64-27(40)4)36-20-35-38(21-39(36)60-7)53(6)45-48(35)15-17-55-16-14-31(11-2)41(43(48)55)44(63-28(5)56)50(45,59)47(58)62-9/h12-13,18-21,30-31,36,39,41,43-45,51,59H,10-11,14-17,22-25H2,1-9H3/t30-,31+,36?,39?,41?,43+,44-,45-,48-,49+,50-/m1/s1. The number of nitrogens with one attached hydrogen (secondary N) is 1. The van der Waals surface area contributed by atoms with Crippen molar-refractivity contribution in [2.75, 3.05) is 54.6 Å². The number of aromatic amines is 1. The molecule has 1 aromatic carbocycles. The number of rotatable bonds is 8. The summed E-state index contributed by atoms with van der Waals surface area (Å²) < 4.78 is 29.9. The number of aromatic nitrogens is 2. The Balaban J connectivity index is 1.24. The molecule has 4 unspecified atom stereocenters. The number of nitrogens with zero attached hydrogens (tertiary/aromatic N) is 4. The first-order valence-corrected chi connectivity index (χ1v) is 23.2. The van der Waals surface area contributed by atoms with E-state index in [0.717, 1.165) is 101 Å². The number of fused-ring (bicyclic) bond motifs is 6. The first-order valence-electron chi connectivity index (χ1n) is 23.2. The van der Waals surface area contributed by atoms with Gasteiger partial charge < -0.3 is 38.5 Å². The molecule has 2 N–H and O–H groups in total. The molecular formula is C50H63N5O9. The molecule has 7 aliphatic rings. The Morgan fingerprint density at radius 3 is 2.48 bits per heavy atom. The predicted molar refractivity (Wildman–Crippen MR) is 238 cm³/mol. The zero-order chi connectivity index (χ0) is 45.2. The first kappa shape index (κ1) is 43.1. The summed E-state index contributed by atoms with van der Waals surface area (Å²) in [6.07, 6.45) is 8.62. The molecular weight excluding hydrogens is 815 g/mol. The van der Waals surface area contributed by atoms with Crippen LogP contribution < -0.4 is 0 Å². The molecule has 3 aromatic rings. The number of allylic oxidation sites excluding steroid dienone is 1. The van der Waals surface area contributed by atoms with Crippen molar-refractivity contribution in [1.82, 2.24) is 24.8 Å². The normalized spacial score (nSPS) is 36.4. The minimum absolute atomic E-state index is 0.0252. The molecule has 14 nitrogen and oxygen atoms in total. The van der Waals surface area contributed by atoms with E-state index in [4.69, 9.17) is 23.5 Å². The first-order chi connectivity index (χ1) is 30.7. The highest BCUT2D eigenvalue weighted by Crippen LogP contribution is 2.68. The number of benzene rings is 1. The Morgan fingerprint density at radius 2 is 1.81 bits per heavy atom. The van der Waals surface area contributed by atoms with Crippen LogP contribution >= 0.6 is 0 Å². The van der Waals surface area contributed by atoms with Crippen LogP contribution in [0.1, 0.15) is 75.6 Å². The number of carbonyl (C=O) groups is 3. The van der Waals surface area contributed by atoms with Gasteiger partial charge in [0.25, 0.3) is 0 Å². The summed E-state index contributed by atoms with van der Waals surface area (Å²) in [5, 5.41) is 18.7. The molecule has 7 heterocycles. The summed E-state index contributed by atoms with van der Waals surface area (Å²) in [5.74, 6) is -1.85. The Labute approximate surface area is 374 Å². The molecule has 1 saturated carbocycles. The third-order valence-electron chi connectivity index (χ3n) is 16.9. The van der Waals surface area contributed by atoms with Crippen molar-refractivity contribution in [3.63, 3.8) is 0 Å². The van der Waals surface area contributed by atoms with Crippen LogP contribution in [0.4, 0.5) is 0 Å². The molecule has 3 saturated heterocycles. The number of piperidine rings is 1. The molecule has 64 heavy (non-hydrogen) atoms. The molecule has 2 bridgehead atoms. The second-order valence-electron chi connectivity index (χ2n) is 19.7. The summed E-state index contributed by atoms with van der Waals surface area (Å²) in [6, 6.07) is 5.35. The zero-order valence-corrected chi connectivity index (χ0v) is 38.7. The van der Waals surface area contributed by atoms with E-state index in [2.05, 4.69) is 70.2 Å². The third-order valence-corrected chi connectivity index (χ3v) is 16.9. The van der Waals surface area contributed by atoms with Crippen LogP contribution in [0.3, 0.4) is 0 Å². The Kier molecular flexibility index (Phi) is 10.4. The molecule has 4 fully saturated rings. The topological polar surface area (TPSA) is 160 Å². The maximum atomic E-state index is 15.5. The lowest BCUT2D eigenvalue weighted by Crippen LogP contribution is -2.77. The Bertz CT molecular complexity index is 2500. The fourth-order valence-electron chi connectivity index (χ4n) is 14.6. The highest BCUT2D eigenvalue weighted by Gasteiger charge is 2.79. The monoisotopic (exact) mass is 877 g/mol. The molecule has 2 aliphatic carbocycles. The second kappa shape index (κ2) is 15.4. The van der Waals surface area contributed by atoms with E-state index >= 15 is 4.79 Å². The Hall–Kier alpha value is -4.76. The van der Waals surface area contributed by atoms with Crippen molar-refractivity contribution < 1.29 is 43.0 Å². The van der Waals surface area contributed by atoms with Crippen LogP contribution in [-0.2, 0) is 45.3 Å². The van der Waals surface area contributed by atoms with E-state index < -0.39 is 52.5 Å². The third kappa shape index (κ3) is 5.76. The largest absolute Gasteiger partial charge is 0.468 e. The summed E-state index contributed by atoms with van der Waals surface area (Å²) in [6.45, 7) is 13.4. The van der Waals surface area contributed by atoms with Crippen LogP contribution in [0.25, 0.3) is 22.0 Å². The number of likely N-dealkylation sites (N-methyl/N-ethyl adjacent to an activating group) is 1. The molecule has 14 heteroatoms. The van der Waals surface area contributed by atoms with Crippen LogP contribution in [0.2, 0.25) is 0 Å². The van der Waals surface area contributed by atoms with Crippen molar-refractivity contribution in [3.8, 4) is 11.1 Å². The fraction of sp³-hybridized carbons (Fsp3) is 0.600. The van der Waals surface area contributed by atoms with Gasteiger partial charge in [0.05, 0.1) is 32.1 Å². The van der Waals surface area contributed by atoms with Crippen LogP contribution in [0, 0.1) is 42.9 Å². The summed E-state index contributed by atoms with van der Waals surface area (Å²) in [7, 11) is 6.37.